The molecule has 1 aliphatic rings. The van der Waals surface area contributed by atoms with Crippen LogP contribution < -0.4 is 14.9 Å². The van der Waals surface area contributed by atoms with Crippen LogP contribution in [0.3, 0.4) is 0 Å². The van der Waals surface area contributed by atoms with Crippen LogP contribution in [0.2, 0.25) is 4.34 Å². The van der Waals surface area contributed by atoms with E-state index >= 15 is 0 Å². The second-order valence-electron chi connectivity index (χ2n) is 8.96. The van der Waals surface area contributed by atoms with Gasteiger partial charge < -0.3 is 10.1 Å². The molecule has 1 aromatic carbocycles. The molecule has 2 N–H and O–H groups in total. The van der Waals surface area contributed by atoms with E-state index in [-0.39, 0.29) is 24.8 Å². The molecule has 4 rings (SSSR count). The van der Waals surface area contributed by atoms with E-state index < -0.39 is 27.0 Å². The van der Waals surface area contributed by atoms with Crippen molar-refractivity contribution in [3.8, 4) is 11.4 Å². The molecule has 3 heterocycles. The molecule has 0 bridgehead atoms. The summed E-state index contributed by atoms with van der Waals surface area (Å²) < 4.78 is 32.7. The van der Waals surface area contributed by atoms with Crippen molar-refractivity contribution in [3.05, 3.63) is 58.0 Å². The number of carbonyl (C=O) groups is 2. The number of para-hydroxylation sites is 1. The summed E-state index contributed by atoms with van der Waals surface area (Å²) in [5, 5.41) is 2.73. The number of amides is 2. The fourth-order valence-corrected chi connectivity index (χ4v) is 4.97. The van der Waals surface area contributed by atoms with E-state index in [0.717, 1.165) is 11.3 Å². The molecule has 190 valence electrons. The minimum atomic E-state index is -3.66. The minimum absolute atomic E-state index is 0.136. The Balaban J connectivity index is 1.44. The highest BCUT2D eigenvalue weighted by Gasteiger charge is 2.33. The fraction of sp³-hybridized carbons (Fsp3) is 0.304. The average molecular weight is 550 g/mol. The predicted octanol–water partition coefficient (Wildman–Crippen LogP) is 4.15. The highest BCUT2D eigenvalue weighted by atomic mass is 35.5. The lowest BCUT2D eigenvalue weighted by molar-refractivity contribution is 0.0920. The highest BCUT2D eigenvalue weighted by molar-refractivity contribution is 7.94. The second-order valence-corrected chi connectivity index (χ2v) is 13.1. The number of rotatable bonds is 7. The summed E-state index contributed by atoms with van der Waals surface area (Å²) in [7, 11) is -3.66. The number of anilines is 2. The van der Waals surface area contributed by atoms with Crippen LogP contribution in [0.25, 0.3) is 11.4 Å². The molecular weight excluding hydrogens is 526 g/mol. The van der Waals surface area contributed by atoms with Crippen molar-refractivity contribution in [2.24, 2.45) is 0 Å². The number of hydrogen-bond acceptors (Lipinski definition) is 8. The molecule has 10 nitrogen and oxygen atoms in total. The quantitative estimate of drug-likeness (QED) is 0.452. The summed E-state index contributed by atoms with van der Waals surface area (Å²) in [4.78, 5) is 35.2. The molecule has 0 aliphatic carbocycles. The van der Waals surface area contributed by atoms with Crippen LogP contribution in [0.4, 0.5) is 16.2 Å². The van der Waals surface area contributed by atoms with Gasteiger partial charge in [0, 0.05) is 5.56 Å². The molecule has 1 aliphatic heterocycles. The highest BCUT2D eigenvalue weighted by Crippen LogP contribution is 2.29. The summed E-state index contributed by atoms with van der Waals surface area (Å²) in [6.45, 7) is 5.16. The van der Waals surface area contributed by atoms with Crippen LogP contribution in [0.15, 0.2) is 48.8 Å². The maximum absolute atomic E-state index is 12.6. The molecule has 2 amide bonds. The van der Waals surface area contributed by atoms with Gasteiger partial charge in [-0.15, -0.1) is 11.3 Å². The average Bonchev–Trinajstić information content (AvgIpc) is 3.42. The third-order valence-electron chi connectivity index (χ3n) is 5.33. The Labute approximate surface area is 217 Å². The summed E-state index contributed by atoms with van der Waals surface area (Å²) in [5.74, 6) is -0.00761. The van der Waals surface area contributed by atoms with Crippen LogP contribution in [-0.4, -0.2) is 54.3 Å². The number of benzene rings is 1. The lowest BCUT2D eigenvalue weighted by Crippen LogP contribution is -2.34. The molecule has 0 saturated carbocycles. The van der Waals surface area contributed by atoms with Gasteiger partial charge in [-0.1, -0.05) is 23.7 Å². The number of nitrogens with zero attached hydrogens (tertiary/aromatic N) is 3. The molecular formula is C23H24ClN5O5S2. The Hall–Kier alpha value is -3.22. The van der Waals surface area contributed by atoms with E-state index in [2.05, 4.69) is 20.0 Å². The van der Waals surface area contributed by atoms with Crippen LogP contribution in [-0.2, 0) is 14.8 Å². The summed E-state index contributed by atoms with van der Waals surface area (Å²) in [6.07, 6.45) is 1.80. The molecule has 13 heteroatoms. The van der Waals surface area contributed by atoms with Crippen molar-refractivity contribution in [2.45, 2.75) is 31.6 Å². The molecule has 0 radical (unpaired) electrons. The van der Waals surface area contributed by atoms with Crippen LogP contribution >= 0.6 is 22.9 Å². The lowest BCUT2D eigenvalue weighted by atomic mass is 10.1. The van der Waals surface area contributed by atoms with E-state index in [1.807, 2.05) is 0 Å². The Kier molecular flexibility index (Phi) is 7.21. The number of aromatic nitrogens is 2. The summed E-state index contributed by atoms with van der Waals surface area (Å²) in [5.41, 5.74) is 1.26. The van der Waals surface area contributed by atoms with Crippen molar-refractivity contribution in [3.63, 3.8) is 0 Å². The fourth-order valence-electron chi connectivity index (χ4n) is 3.23. The molecule has 36 heavy (non-hydrogen) atoms. The monoisotopic (exact) mass is 549 g/mol. The maximum Gasteiger partial charge on any atom is 0.414 e. The van der Waals surface area contributed by atoms with E-state index in [9.17, 15) is 18.0 Å². The smallest absolute Gasteiger partial charge is 0.414 e. The lowest BCUT2D eigenvalue weighted by Gasteiger charge is -2.21. The van der Waals surface area contributed by atoms with Gasteiger partial charge in [-0.05, 0) is 45.0 Å². The van der Waals surface area contributed by atoms with Gasteiger partial charge >= 0.3 is 6.09 Å². The van der Waals surface area contributed by atoms with Gasteiger partial charge in [-0.3, -0.25) is 14.4 Å². The SMILES string of the molecule is CC(C)(C)S(=O)(=O)Nc1ccccc1-c1ncc(N2C[C@H](CNC(=O)c3ccc(Cl)s3)OC2=O)cn1. The van der Waals surface area contributed by atoms with Gasteiger partial charge in [0.1, 0.15) is 6.10 Å². The number of ether oxygens (including phenoxy) is 1. The van der Waals surface area contributed by atoms with E-state index in [0.29, 0.717) is 26.2 Å². The van der Waals surface area contributed by atoms with Crippen LogP contribution in [0, 0.1) is 0 Å². The van der Waals surface area contributed by atoms with Gasteiger partial charge in [0.15, 0.2) is 5.82 Å². The van der Waals surface area contributed by atoms with Crippen molar-refractivity contribution < 1.29 is 22.7 Å². The summed E-state index contributed by atoms with van der Waals surface area (Å²) in [6, 6.07) is 10.1. The van der Waals surface area contributed by atoms with Gasteiger partial charge in [-0.25, -0.2) is 23.2 Å². The number of thiophene rings is 1. The largest absolute Gasteiger partial charge is 0.442 e. The third kappa shape index (κ3) is 5.61. The first kappa shape index (κ1) is 25.9. The number of carbonyl (C=O) groups excluding carboxylic acids is 2. The van der Waals surface area contributed by atoms with Crippen molar-refractivity contribution in [1.29, 1.82) is 0 Å². The zero-order valence-corrected chi connectivity index (χ0v) is 22.1. The first-order valence-corrected chi connectivity index (χ1v) is 13.6. The molecule has 0 unspecified atom stereocenters. The minimum Gasteiger partial charge on any atom is -0.442 e. The third-order valence-corrected chi connectivity index (χ3v) is 8.66. The summed E-state index contributed by atoms with van der Waals surface area (Å²) >= 11 is 7.02. The van der Waals surface area contributed by atoms with Crippen molar-refractivity contribution >= 4 is 56.3 Å². The van der Waals surface area contributed by atoms with Crippen molar-refractivity contribution in [1.82, 2.24) is 15.3 Å². The Morgan fingerprint density at radius 1 is 1.19 bits per heavy atom. The number of cyclic esters (lactones) is 1. The van der Waals surface area contributed by atoms with Crippen LogP contribution in [0.5, 0.6) is 0 Å². The second kappa shape index (κ2) is 10.0. The molecule has 3 aromatic rings. The first-order valence-electron chi connectivity index (χ1n) is 10.9. The van der Waals surface area contributed by atoms with Gasteiger partial charge in [0.05, 0.1) is 50.8 Å². The van der Waals surface area contributed by atoms with E-state index in [1.165, 1.54) is 17.3 Å². The standard InChI is InChI=1S/C23H24ClN5O5S2/c1-23(2,3)36(32,33)28-17-7-5-4-6-16(17)20-25-10-14(11-26-20)29-13-15(34-22(29)31)12-27-21(30)18-8-9-19(24)35-18/h4-11,15,28H,12-13H2,1-3H3,(H,27,30)/t15-/m0/s1. The number of nitrogens with one attached hydrogen (secondary N) is 2. The molecule has 0 spiro atoms. The predicted molar refractivity (Wildman–Crippen MR) is 139 cm³/mol. The molecule has 2 aromatic heterocycles. The van der Waals surface area contributed by atoms with Gasteiger partial charge in [0.2, 0.25) is 10.0 Å². The van der Waals surface area contributed by atoms with Gasteiger partial charge in [0.25, 0.3) is 5.91 Å². The Bertz CT molecular complexity index is 1390. The van der Waals surface area contributed by atoms with Crippen LogP contribution in [0.1, 0.15) is 30.4 Å². The molecule has 1 atom stereocenters. The zero-order chi connectivity index (χ0) is 26.1. The van der Waals surface area contributed by atoms with Gasteiger partial charge in [-0.2, -0.15) is 0 Å². The van der Waals surface area contributed by atoms with E-state index in [4.69, 9.17) is 16.3 Å². The van der Waals surface area contributed by atoms with Crippen molar-refractivity contribution in [2.75, 3.05) is 22.7 Å². The molecule has 1 saturated heterocycles. The number of hydrogen-bond donors (Lipinski definition) is 2. The molecule has 1 fully saturated rings. The maximum atomic E-state index is 12.6. The normalized spacial score (nSPS) is 16.1. The number of halogens is 1. The topological polar surface area (TPSA) is 131 Å². The Morgan fingerprint density at radius 2 is 1.89 bits per heavy atom. The Morgan fingerprint density at radius 3 is 2.53 bits per heavy atom. The van der Waals surface area contributed by atoms with E-state index in [1.54, 1.807) is 57.2 Å². The first-order chi connectivity index (χ1) is 16.9. The number of sulfonamides is 1. The zero-order valence-electron chi connectivity index (χ0n) is 19.7.